The van der Waals surface area contributed by atoms with Crippen LogP contribution in [0.25, 0.3) is 0 Å². The van der Waals surface area contributed by atoms with Gasteiger partial charge >= 0.3 is 6.01 Å². The topological polar surface area (TPSA) is 63.2 Å². The fourth-order valence-corrected chi connectivity index (χ4v) is 2.81. The second kappa shape index (κ2) is 6.10. The van der Waals surface area contributed by atoms with E-state index in [-0.39, 0.29) is 11.3 Å². The predicted octanol–water partition coefficient (Wildman–Crippen LogP) is 1.50. The Morgan fingerprint density at radius 2 is 1.95 bits per heavy atom. The summed E-state index contributed by atoms with van der Waals surface area (Å²) in [6, 6.07) is 0.837. The Morgan fingerprint density at radius 3 is 2.60 bits per heavy atom. The van der Waals surface area contributed by atoms with Crippen LogP contribution in [0.2, 0.25) is 5.28 Å². The molecule has 2 fully saturated rings. The van der Waals surface area contributed by atoms with Gasteiger partial charge in [0.05, 0.1) is 7.11 Å². The second-order valence-corrected chi connectivity index (χ2v) is 5.81. The van der Waals surface area contributed by atoms with E-state index in [0.717, 1.165) is 19.6 Å². The zero-order valence-electron chi connectivity index (χ0n) is 11.7. The number of hydrogen-bond acceptors (Lipinski definition) is 6. The highest BCUT2D eigenvalue weighted by atomic mass is 35.5. The van der Waals surface area contributed by atoms with E-state index >= 15 is 0 Å². The van der Waals surface area contributed by atoms with Crippen molar-refractivity contribution in [1.29, 1.82) is 0 Å². The normalized spacial score (nSPS) is 19.9. The van der Waals surface area contributed by atoms with Crippen LogP contribution in [0.15, 0.2) is 0 Å². The van der Waals surface area contributed by atoms with E-state index in [2.05, 4.69) is 25.2 Å². The molecule has 7 heteroatoms. The summed E-state index contributed by atoms with van der Waals surface area (Å²) in [6.45, 7) is 3.20. The Kier molecular flexibility index (Phi) is 4.21. The molecule has 1 aromatic rings. The highest BCUT2D eigenvalue weighted by Crippen LogP contribution is 2.32. The lowest BCUT2D eigenvalue weighted by Crippen LogP contribution is -2.38. The van der Waals surface area contributed by atoms with Crippen LogP contribution in [0, 0.1) is 5.92 Å². The van der Waals surface area contributed by atoms with Crippen molar-refractivity contribution in [3.05, 3.63) is 5.28 Å². The zero-order valence-corrected chi connectivity index (χ0v) is 12.4. The van der Waals surface area contributed by atoms with Crippen molar-refractivity contribution in [2.24, 2.45) is 5.92 Å². The van der Waals surface area contributed by atoms with Crippen LogP contribution in [0.1, 0.15) is 25.7 Å². The van der Waals surface area contributed by atoms with E-state index in [1.54, 1.807) is 7.11 Å². The molecule has 0 amide bonds. The standard InChI is InChI=1S/C13H20ClN5O/c1-20-13-17-11(14)16-12(18-13)19(10-2-3-10)8-9-4-6-15-7-5-9/h9-10,15H,2-8H2,1H3. The number of ether oxygens (including phenoxy) is 1. The maximum absolute atomic E-state index is 5.96. The van der Waals surface area contributed by atoms with Gasteiger partial charge in [0.2, 0.25) is 11.2 Å². The summed E-state index contributed by atoms with van der Waals surface area (Å²) < 4.78 is 5.09. The summed E-state index contributed by atoms with van der Waals surface area (Å²) in [7, 11) is 1.55. The first-order valence-corrected chi connectivity index (χ1v) is 7.57. The molecule has 0 atom stereocenters. The minimum Gasteiger partial charge on any atom is -0.467 e. The summed E-state index contributed by atoms with van der Waals surface area (Å²) in [5, 5.41) is 3.60. The average Bonchev–Trinajstić information content (AvgIpc) is 3.29. The van der Waals surface area contributed by atoms with E-state index < -0.39 is 0 Å². The van der Waals surface area contributed by atoms with Crippen molar-refractivity contribution in [2.75, 3.05) is 31.6 Å². The molecular weight excluding hydrogens is 278 g/mol. The Labute approximate surface area is 123 Å². The van der Waals surface area contributed by atoms with Crippen molar-refractivity contribution >= 4 is 17.5 Å². The molecule has 1 aromatic heterocycles. The van der Waals surface area contributed by atoms with E-state index in [1.807, 2.05) is 0 Å². The van der Waals surface area contributed by atoms with E-state index in [9.17, 15) is 0 Å². The number of methoxy groups -OCH3 is 1. The Morgan fingerprint density at radius 1 is 1.20 bits per heavy atom. The lowest BCUT2D eigenvalue weighted by atomic mass is 9.97. The van der Waals surface area contributed by atoms with E-state index in [1.165, 1.54) is 25.7 Å². The maximum Gasteiger partial charge on any atom is 0.322 e. The second-order valence-electron chi connectivity index (χ2n) is 5.47. The van der Waals surface area contributed by atoms with Gasteiger partial charge in [0.1, 0.15) is 0 Å². The molecule has 2 heterocycles. The molecule has 0 radical (unpaired) electrons. The van der Waals surface area contributed by atoms with Gasteiger partial charge in [-0.1, -0.05) is 0 Å². The largest absolute Gasteiger partial charge is 0.467 e. The molecule has 0 spiro atoms. The molecule has 3 rings (SSSR count). The number of nitrogens with zero attached hydrogens (tertiary/aromatic N) is 4. The first kappa shape index (κ1) is 13.8. The number of aromatic nitrogens is 3. The Balaban J connectivity index is 1.77. The predicted molar refractivity (Wildman–Crippen MR) is 77.4 cm³/mol. The van der Waals surface area contributed by atoms with Gasteiger partial charge in [0.25, 0.3) is 0 Å². The lowest BCUT2D eigenvalue weighted by molar-refractivity contribution is 0.365. The van der Waals surface area contributed by atoms with Crippen LogP contribution in [-0.2, 0) is 0 Å². The van der Waals surface area contributed by atoms with Crippen LogP contribution in [0.5, 0.6) is 6.01 Å². The van der Waals surface area contributed by atoms with Gasteiger partial charge in [-0.2, -0.15) is 15.0 Å². The summed E-state index contributed by atoms with van der Waals surface area (Å²) >= 11 is 5.96. The number of halogens is 1. The number of nitrogens with one attached hydrogen (secondary N) is 1. The lowest BCUT2D eigenvalue weighted by Gasteiger charge is -2.30. The summed E-state index contributed by atoms with van der Waals surface area (Å²) in [5.74, 6) is 1.35. The van der Waals surface area contributed by atoms with Gasteiger partial charge in [-0.3, -0.25) is 0 Å². The van der Waals surface area contributed by atoms with Crippen molar-refractivity contribution in [3.63, 3.8) is 0 Å². The molecule has 1 saturated heterocycles. The molecule has 0 bridgehead atoms. The fraction of sp³-hybridized carbons (Fsp3) is 0.769. The minimum atomic E-state index is 0.197. The van der Waals surface area contributed by atoms with Crippen LogP contribution >= 0.6 is 11.6 Å². The molecule has 2 aliphatic rings. The molecule has 1 aliphatic heterocycles. The van der Waals surface area contributed by atoms with Gasteiger partial charge in [0.15, 0.2) is 0 Å². The molecule has 20 heavy (non-hydrogen) atoms. The highest BCUT2D eigenvalue weighted by Gasteiger charge is 2.33. The third kappa shape index (κ3) is 3.30. The highest BCUT2D eigenvalue weighted by molar-refractivity contribution is 6.28. The number of hydrogen-bond donors (Lipinski definition) is 1. The molecule has 1 N–H and O–H groups in total. The van der Waals surface area contributed by atoms with Crippen molar-refractivity contribution in [1.82, 2.24) is 20.3 Å². The molecule has 0 unspecified atom stereocenters. The van der Waals surface area contributed by atoms with E-state index in [4.69, 9.17) is 16.3 Å². The van der Waals surface area contributed by atoms with Gasteiger partial charge in [-0.05, 0) is 56.3 Å². The minimum absolute atomic E-state index is 0.197. The smallest absolute Gasteiger partial charge is 0.322 e. The van der Waals surface area contributed by atoms with Crippen LogP contribution in [-0.4, -0.2) is 47.7 Å². The maximum atomic E-state index is 5.96. The third-order valence-corrected chi connectivity index (χ3v) is 4.09. The van der Waals surface area contributed by atoms with Crippen LogP contribution in [0.3, 0.4) is 0 Å². The van der Waals surface area contributed by atoms with Crippen molar-refractivity contribution in [2.45, 2.75) is 31.7 Å². The van der Waals surface area contributed by atoms with E-state index in [0.29, 0.717) is 17.9 Å². The number of anilines is 1. The number of piperidine rings is 1. The molecule has 6 nitrogen and oxygen atoms in total. The summed E-state index contributed by atoms with van der Waals surface area (Å²) in [5.41, 5.74) is 0. The third-order valence-electron chi connectivity index (χ3n) is 3.92. The molecule has 0 aromatic carbocycles. The first-order valence-electron chi connectivity index (χ1n) is 7.19. The monoisotopic (exact) mass is 297 g/mol. The number of rotatable bonds is 5. The fourth-order valence-electron chi connectivity index (χ4n) is 2.66. The summed E-state index contributed by atoms with van der Waals surface area (Å²) in [4.78, 5) is 14.9. The summed E-state index contributed by atoms with van der Waals surface area (Å²) in [6.07, 6.45) is 4.82. The van der Waals surface area contributed by atoms with Crippen LogP contribution in [0.4, 0.5) is 5.95 Å². The van der Waals surface area contributed by atoms with Gasteiger partial charge in [-0.15, -0.1) is 0 Å². The van der Waals surface area contributed by atoms with Gasteiger partial charge in [-0.25, -0.2) is 0 Å². The van der Waals surface area contributed by atoms with Gasteiger partial charge < -0.3 is 15.0 Å². The van der Waals surface area contributed by atoms with Gasteiger partial charge in [0, 0.05) is 12.6 Å². The Hall–Kier alpha value is -1.14. The van der Waals surface area contributed by atoms with Crippen LogP contribution < -0.4 is 15.0 Å². The quantitative estimate of drug-likeness (QED) is 0.889. The molecule has 1 saturated carbocycles. The Bertz CT molecular complexity index is 462. The zero-order chi connectivity index (χ0) is 13.9. The first-order chi connectivity index (χ1) is 9.76. The van der Waals surface area contributed by atoms with Crippen molar-refractivity contribution < 1.29 is 4.74 Å². The SMILES string of the molecule is COc1nc(Cl)nc(N(CC2CCNCC2)C2CC2)n1. The molecule has 1 aliphatic carbocycles. The average molecular weight is 298 g/mol. The molecule has 110 valence electrons. The molecular formula is C13H20ClN5O. The van der Waals surface area contributed by atoms with Crippen molar-refractivity contribution in [3.8, 4) is 6.01 Å².